The van der Waals surface area contributed by atoms with Crippen LogP contribution in [0.4, 0.5) is 0 Å². The van der Waals surface area contributed by atoms with Crippen LogP contribution in [0.2, 0.25) is 0 Å². The summed E-state index contributed by atoms with van der Waals surface area (Å²) < 4.78 is 0. The highest BCUT2D eigenvalue weighted by Gasteiger charge is 2.58. The predicted octanol–water partition coefficient (Wildman–Crippen LogP) is 12.2. The Kier molecular flexibility index (Phi) is 13.4. The molecule has 0 N–H and O–H groups in total. The molecule has 0 aromatic heterocycles. The molecule has 0 bridgehead atoms. The Morgan fingerprint density at radius 1 is 0.833 bits per heavy atom. The number of fused-ring (bicyclic) bond motifs is 5. The molecule has 4 aliphatic carbocycles. The molecule has 3 fully saturated rings. The summed E-state index contributed by atoms with van der Waals surface area (Å²) in [5.74, 6) is 5.84. The molecule has 4 aliphatic rings. The van der Waals surface area contributed by atoms with Crippen LogP contribution in [0.15, 0.2) is 24.8 Å². The van der Waals surface area contributed by atoms with Crippen LogP contribution in [0.1, 0.15) is 158 Å². The third kappa shape index (κ3) is 7.32. The number of unbranched alkanes of at least 4 members (excludes halogenated alkanes) is 4. The first-order chi connectivity index (χ1) is 17.3. The normalized spacial score (nSPS) is 35.7. The Morgan fingerprint density at radius 3 is 2.17 bits per heavy atom. The van der Waals surface area contributed by atoms with Gasteiger partial charge in [-0.2, -0.15) is 0 Å². The molecule has 0 heteroatoms. The van der Waals surface area contributed by atoms with E-state index in [1.165, 1.54) is 109 Å². The molecule has 7 atom stereocenters. The molecular formula is C36H66. The third-order valence-electron chi connectivity index (χ3n) is 11.4. The van der Waals surface area contributed by atoms with Crippen LogP contribution >= 0.6 is 0 Å². The molecule has 0 aliphatic heterocycles. The molecule has 0 radical (unpaired) electrons. The van der Waals surface area contributed by atoms with Crippen LogP contribution in [-0.4, -0.2) is 0 Å². The summed E-state index contributed by atoms with van der Waals surface area (Å²) >= 11 is 0. The van der Waals surface area contributed by atoms with E-state index in [4.69, 9.17) is 0 Å². The average Bonchev–Trinajstić information content (AvgIpc) is 3.23. The first-order valence-corrected chi connectivity index (χ1v) is 16.5. The van der Waals surface area contributed by atoms with Crippen molar-refractivity contribution >= 4 is 0 Å². The summed E-state index contributed by atoms with van der Waals surface area (Å²) in [6.07, 6.45) is 27.5. The van der Waals surface area contributed by atoms with E-state index < -0.39 is 0 Å². The molecule has 0 nitrogen and oxygen atoms in total. The van der Waals surface area contributed by atoms with Crippen LogP contribution < -0.4 is 0 Å². The van der Waals surface area contributed by atoms with E-state index in [-0.39, 0.29) is 0 Å². The third-order valence-corrected chi connectivity index (χ3v) is 11.4. The zero-order valence-electron chi connectivity index (χ0n) is 26.0. The molecule has 0 saturated heterocycles. The first-order valence-electron chi connectivity index (χ1n) is 16.5. The summed E-state index contributed by atoms with van der Waals surface area (Å²) in [6.45, 7) is 23.3. The molecule has 36 heavy (non-hydrogen) atoms. The van der Waals surface area contributed by atoms with Crippen molar-refractivity contribution in [1.29, 1.82) is 0 Å². The van der Waals surface area contributed by atoms with Crippen molar-refractivity contribution in [2.75, 3.05) is 0 Å². The lowest BCUT2D eigenvalue weighted by Crippen LogP contribution is -2.50. The summed E-state index contributed by atoms with van der Waals surface area (Å²) in [6, 6.07) is 0. The van der Waals surface area contributed by atoms with Crippen molar-refractivity contribution in [1.82, 2.24) is 0 Å². The maximum absolute atomic E-state index is 3.00. The molecule has 0 aromatic carbocycles. The maximum Gasteiger partial charge on any atom is -0.00853 e. The zero-order chi connectivity index (χ0) is 26.8. The highest BCUT2D eigenvalue weighted by Crippen LogP contribution is 2.67. The van der Waals surface area contributed by atoms with Gasteiger partial charge in [-0.3, -0.25) is 0 Å². The van der Waals surface area contributed by atoms with Crippen molar-refractivity contribution in [3.05, 3.63) is 24.8 Å². The summed E-state index contributed by atoms with van der Waals surface area (Å²) in [4.78, 5) is 0. The molecular weight excluding hydrogens is 432 g/mol. The Bertz CT molecular complexity index is 638. The molecule has 0 aromatic rings. The van der Waals surface area contributed by atoms with Crippen LogP contribution in [0.5, 0.6) is 0 Å². The molecule has 0 heterocycles. The van der Waals surface area contributed by atoms with E-state index in [0.717, 1.165) is 35.5 Å². The number of hydrogen-bond acceptors (Lipinski definition) is 0. The fourth-order valence-corrected chi connectivity index (χ4v) is 9.40. The number of rotatable bonds is 9. The minimum Gasteiger partial charge on any atom is -0.106 e. The highest BCUT2D eigenvalue weighted by atomic mass is 14.6. The fraction of sp³-hybridized carbons (Fsp3) is 0.889. The maximum atomic E-state index is 3.00. The van der Waals surface area contributed by atoms with E-state index >= 15 is 0 Å². The molecule has 0 amide bonds. The predicted molar refractivity (Wildman–Crippen MR) is 163 cm³/mol. The van der Waals surface area contributed by atoms with Crippen molar-refractivity contribution in [3.8, 4) is 0 Å². The fourth-order valence-electron chi connectivity index (χ4n) is 9.40. The second-order valence-corrected chi connectivity index (χ2v) is 14.1. The van der Waals surface area contributed by atoms with Gasteiger partial charge in [-0.1, -0.05) is 118 Å². The van der Waals surface area contributed by atoms with Crippen LogP contribution in [0.25, 0.3) is 0 Å². The second-order valence-electron chi connectivity index (χ2n) is 14.1. The van der Waals surface area contributed by atoms with Crippen molar-refractivity contribution < 1.29 is 0 Å². The van der Waals surface area contributed by atoms with Gasteiger partial charge in [-0.15, -0.1) is 13.2 Å². The van der Waals surface area contributed by atoms with Crippen LogP contribution in [0, 0.1) is 46.3 Å². The first kappa shape index (κ1) is 31.7. The summed E-state index contributed by atoms with van der Waals surface area (Å²) in [7, 11) is 0. The molecule has 7 unspecified atom stereocenters. The molecule has 4 rings (SSSR count). The van der Waals surface area contributed by atoms with Gasteiger partial charge in [0.15, 0.2) is 0 Å². The minimum absolute atomic E-state index is 0.573. The van der Waals surface area contributed by atoms with Gasteiger partial charge in [0.25, 0.3) is 0 Å². The van der Waals surface area contributed by atoms with E-state index in [1.54, 1.807) is 0 Å². The Hall–Kier alpha value is -0.520. The quantitative estimate of drug-likeness (QED) is 0.219. The standard InChI is InChI=1S/C27H46.C7H16.C2H4/c1-19(2)9-8-10-20(3)23-14-15-24-22-13-12-21-11-6-7-17-26(21,4)25(22)16-18-27(23,24)5;1-3-5-7-6-4-2;1-2/h12,19-20,22-25H,6-11,13-18H2,1-5H3;3-7H2,1-2H3;1-2H2. The van der Waals surface area contributed by atoms with Gasteiger partial charge < -0.3 is 0 Å². The van der Waals surface area contributed by atoms with Gasteiger partial charge in [0.2, 0.25) is 0 Å². The molecule has 3 saturated carbocycles. The number of hydrogen-bond donors (Lipinski definition) is 0. The van der Waals surface area contributed by atoms with E-state index in [9.17, 15) is 0 Å². The Labute approximate surface area is 228 Å². The van der Waals surface area contributed by atoms with Gasteiger partial charge in [-0.05, 0) is 97.7 Å². The van der Waals surface area contributed by atoms with Gasteiger partial charge in [-0.25, -0.2) is 0 Å². The largest absolute Gasteiger partial charge is 0.106 e. The Morgan fingerprint density at radius 2 is 1.53 bits per heavy atom. The van der Waals surface area contributed by atoms with E-state index in [2.05, 4.69) is 67.7 Å². The van der Waals surface area contributed by atoms with Crippen LogP contribution in [-0.2, 0) is 0 Å². The van der Waals surface area contributed by atoms with Crippen LogP contribution in [0.3, 0.4) is 0 Å². The summed E-state index contributed by atoms with van der Waals surface area (Å²) in [5, 5.41) is 0. The van der Waals surface area contributed by atoms with E-state index in [1.807, 2.05) is 5.57 Å². The smallest absolute Gasteiger partial charge is 0.00853 e. The average molecular weight is 499 g/mol. The lowest BCUT2D eigenvalue weighted by molar-refractivity contribution is -0.0500. The van der Waals surface area contributed by atoms with Crippen molar-refractivity contribution in [2.24, 2.45) is 46.3 Å². The summed E-state index contributed by atoms with van der Waals surface area (Å²) in [5.41, 5.74) is 3.09. The van der Waals surface area contributed by atoms with Gasteiger partial charge >= 0.3 is 0 Å². The minimum atomic E-state index is 0.573. The lowest BCUT2D eigenvalue weighted by Gasteiger charge is -2.58. The van der Waals surface area contributed by atoms with Gasteiger partial charge in [0.1, 0.15) is 0 Å². The Balaban J connectivity index is 0.000000440. The van der Waals surface area contributed by atoms with Crippen molar-refractivity contribution in [3.63, 3.8) is 0 Å². The highest BCUT2D eigenvalue weighted by molar-refractivity contribution is 5.24. The van der Waals surface area contributed by atoms with Gasteiger partial charge in [0.05, 0.1) is 0 Å². The molecule has 0 spiro atoms. The monoisotopic (exact) mass is 499 g/mol. The zero-order valence-corrected chi connectivity index (χ0v) is 26.0. The SMILES string of the molecule is C=C.CC(C)CCCC(C)C1CCC2C3CC=C4CCCCC4(C)C3CCC12C.CCCCCCC. The topological polar surface area (TPSA) is 0 Å². The van der Waals surface area contributed by atoms with Gasteiger partial charge in [0, 0.05) is 0 Å². The van der Waals surface area contributed by atoms with Crippen molar-refractivity contribution in [2.45, 2.75) is 158 Å². The molecule has 210 valence electrons. The van der Waals surface area contributed by atoms with E-state index in [0.29, 0.717) is 10.8 Å². The second kappa shape index (κ2) is 15.2. The number of allylic oxidation sites excluding steroid dienone is 2. The lowest BCUT2D eigenvalue weighted by atomic mass is 9.47.